The highest BCUT2D eigenvalue weighted by molar-refractivity contribution is 6.29. The quantitative estimate of drug-likeness (QED) is 0.816. The molecule has 0 radical (unpaired) electrons. The normalized spacial score (nSPS) is 10.4. The van der Waals surface area contributed by atoms with Crippen LogP contribution >= 0.6 is 11.6 Å². The summed E-state index contributed by atoms with van der Waals surface area (Å²) in [4.78, 5) is 15.6. The third-order valence-electron chi connectivity index (χ3n) is 2.50. The second-order valence-corrected chi connectivity index (χ2v) is 4.28. The van der Waals surface area contributed by atoms with Crippen LogP contribution in [-0.2, 0) is 17.8 Å². The number of hydrogen-bond donors (Lipinski definition) is 0. The minimum absolute atomic E-state index is 0.183. The summed E-state index contributed by atoms with van der Waals surface area (Å²) >= 11 is 5.67. The highest BCUT2D eigenvalue weighted by Crippen LogP contribution is 2.06. The first-order valence-electron chi connectivity index (χ1n) is 5.47. The van der Waals surface area contributed by atoms with E-state index in [1.165, 1.54) is 5.56 Å². The lowest BCUT2D eigenvalue weighted by Crippen LogP contribution is -2.09. The van der Waals surface area contributed by atoms with E-state index < -0.39 is 0 Å². The number of ketones is 1. The van der Waals surface area contributed by atoms with Crippen LogP contribution in [0.4, 0.5) is 0 Å². The van der Waals surface area contributed by atoms with Crippen LogP contribution in [0.25, 0.3) is 0 Å². The molecule has 0 amide bonds. The van der Waals surface area contributed by atoms with Crippen molar-refractivity contribution in [2.45, 2.75) is 19.4 Å². The van der Waals surface area contributed by atoms with E-state index in [-0.39, 0.29) is 5.78 Å². The van der Waals surface area contributed by atoms with Crippen molar-refractivity contribution in [3.63, 3.8) is 0 Å². The Kier molecular flexibility index (Phi) is 3.94. The molecule has 0 saturated carbocycles. The second-order valence-electron chi connectivity index (χ2n) is 3.89. The number of Topliss-reactive ketones (excluding diaryl/α,β-unsaturated/α-hetero) is 1. The molecule has 0 atom stereocenters. The van der Waals surface area contributed by atoms with E-state index in [2.05, 4.69) is 4.98 Å². The standard InChI is InChI=1S/C13H13ClN2O/c14-13-9-16(10-15-13)8-12(17)7-6-11-4-2-1-3-5-11/h1-5,9-10H,6-8H2. The number of nitrogens with zero attached hydrogens (tertiary/aromatic N) is 2. The lowest BCUT2D eigenvalue weighted by atomic mass is 10.1. The van der Waals surface area contributed by atoms with Crippen LogP contribution in [0, 0.1) is 0 Å². The van der Waals surface area contributed by atoms with Gasteiger partial charge in [-0.25, -0.2) is 4.98 Å². The molecule has 4 heteroatoms. The average molecular weight is 249 g/mol. The van der Waals surface area contributed by atoms with Crippen molar-refractivity contribution in [3.8, 4) is 0 Å². The highest BCUT2D eigenvalue weighted by Gasteiger charge is 2.04. The number of hydrogen-bond acceptors (Lipinski definition) is 2. The lowest BCUT2D eigenvalue weighted by molar-refractivity contribution is -0.119. The number of benzene rings is 1. The smallest absolute Gasteiger partial charge is 0.152 e. The van der Waals surface area contributed by atoms with Gasteiger partial charge in [0.25, 0.3) is 0 Å². The van der Waals surface area contributed by atoms with Crippen LogP contribution in [0.1, 0.15) is 12.0 Å². The predicted molar refractivity (Wildman–Crippen MR) is 67.0 cm³/mol. The van der Waals surface area contributed by atoms with Gasteiger partial charge in [-0.05, 0) is 12.0 Å². The van der Waals surface area contributed by atoms with Gasteiger partial charge in [0.1, 0.15) is 5.15 Å². The Hall–Kier alpha value is -1.61. The number of halogens is 1. The molecular formula is C13H13ClN2O. The van der Waals surface area contributed by atoms with E-state index in [0.29, 0.717) is 18.1 Å². The molecule has 2 rings (SSSR count). The summed E-state index contributed by atoms with van der Waals surface area (Å²) in [6.07, 6.45) is 4.55. The van der Waals surface area contributed by atoms with E-state index in [4.69, 9.17) is 11.6 Å². The molecule has 0 unspecified atom stereocenters. The SMILES string of the molecule is O=C(CCc1ccccc1)Cn1cnc(Cl)c1. The van der Waals surface area contributed by atoms with Crippen LogP contribution in [0.2, 0.25) is 5.15 Å². The second kappa shape index (κ2) is 5.64. The molecule has 1 heterocycles. The molecule has 0 N–H and O–H groups in total. The van der Waals surface area contributed by atoms with Gasteiger partial charge in [-0.2, -0.15) is 0 Å². The Morgan fingerprint density at radius 3 is 2.71 bits per heavy atom. The maximum absolute atomic E-state index is 11.7. The number of aromatic nitrogens is 2. The van der Waals surface area contributed by atoms with Crippen molar-refractivity contribution < 1.29 is 4.79 Å². The third-order valence-corrected chi connectivity index (χ3v) is 2.69. The topological polar surface area (TPSA) is 34.9 Å². The van der Waals surface area contributed by atoms with Gasteiger partial charge in [0.05, 0.1) is 12.9 Å². The van der Waals surface area contributed by atoms with E-state index in [0.717, 1.165) is 6.42 Å². The molecule has 2 aromatic rings. The Labute approximate surface area is 105 Å². The maximum Gasteiger partial charge on any atom is 0.152 e. The molecule has 17 heavy (non-hydrogen) atoms. The minimum atomic E-state index is 0.183. The number of aryl methyl sites for hydroxylation is 1. The summed E-state index contributed by atoms with van der Waals surface area (Å²) in [5.41, 5.74) is 1.18. The van der Waals surface area contributed by atoms with Crippen molar-refractivity contribution in [2.24, 2.45) is 0 Å². The van der Waals surface area contributed by atoms with Crippen molar-refractivity contribution >= 4 is 17.4 Å². The zero-order chi connectivity index (χ0) is 12.1. The molecule has 88 valence electrons. The third kappa shape index (κ3) is 3.71. The number of rotatable bonds is 5. The van der Waals surface area contributed by atoms with Crippen LogP contribution < -0.4 is 0 Å². The van der Waals surface area contributed by atoms with E-state index in [1.807, 2.05) is 30.3 Å². The van der Waals surface area contributed by atoms with Gasteiger partial charge in [0.15, 0.2) is 5.78 Å². The predicted octanol–water partition coefficient (Wildman–Crippen LogP) is 2.74. The number of imidazole rings is 1. The fraction of sp³-hybridized carbons (Fsp3) is 0.231. The van der Waals surface area contributed by atoms with E-state index >= 15 is 0 Å². The Balaban J connectivity index is 1.82. The lowest BCUT2D eigenvalue weighted by Gasteiger charge is -2.02. The molecule has 0 aliphatic carbocycles. The van der Waals surface area contributed by atoms with Crippen molar-refractivity contribution in [1.82, 2.24) is 9.55 Å². The van der Waals surface area contributed by atoms with Crippen molar-refractivity contribution in [1.29, 1.82) is 0 Å². The summed E-state index contributed by atoms with van der Waals surface area (Å²) in [5, 5.41) is 0.417. The zero-order valence-electron chi connectivity index (χ0n) is 9.34. The van der Waals surface area contributed by atoms with Gasteiger partial charge in [0.2, 0.25) is 0 Å². The summed E-state index contributed by atoms with van der Waals surface area (Å²) < 4.78 is 1.70. The maximum atomic E-state index is 11.7. The summed E-state index contributed by atoms with van der Waals surface area (Å²) in [6.45, 7) is 0.340. The Morgan fingerprint density at radius 1 is 1.29 bits per heavy atom. The first kappa shape index (κ1) is 11.9. The van der Waals surface area contributed by atoms with Gasteiger partial charge >= 0.3 is 0 Å². The average Bonchev–Trinajstić information content (AvgIpc) is 2.73. The molecule has 0 fully saturated rings. The number of carbonyl (C=O) groups excluding carboxylic acids is 1. The molecule has 3 nitrogen and oxygen atoms in total. The molecular weight excluding hydrogens is 236 g/mol. The fourth-order valence-corrected chi connectivity index (χ4v) is 1.80. The van der Waals surface area contributed by atoms with Crippen molar-refractivity contribution in [2.75, 3.05) is 0 Å². The summed E-state index contributed by atoms with van der Waals surface area (Å²) in [6, 6.07) is 9.99. The molecule has 1 aromatic carbocycles. The fourth-order valence-electron chi connectivity index (χ4n) is 1.63. The van der Waals surface area contributed by atoms with Crippen LogP contribution in [-0.4, -0.2) is 15.3 Å². The van der Waals surface area contributed by atoms with Gasteiger partial charge in [0, 0.05) is 12.6 Å². The Morgan fingerprint density at radius 2 is 2.06 bits per heavy atom. The first-order chi connectivity index (χ1) is 8.24. The zero-order valence-corrected chi connectivity index (χ0v) is 10.1. The van der Waals surface area contributed by atoms with Crippen molar-refractivity contribution in [3.05, 3.63) is 53.6 Å². The van der Waals surface area contributed by atoms with Gasteiger partial charge in [-0.3, -0.25) is 4.79 Å². The van der Waals surface area contributed by atoms with Crippen LogP contribution in [0.5, 0.6) is 0 Å². The van der Waals surface area contributed by atoms with E-state index in [9.17, 15) is 4.79 Å². The monoisotopic (exact) mass is 248 g/mol. The number of carbonyl (C=O) groups is 1. The molecule has 0 saturated heterocycles. The van der Waals surface area contributed by atoms with Gasteiger partial charge < -0.3 is 4.57 Å². The van der Waals surface area contributed by atoms with Crippen LogP contribution in [0.15, 0.2) is 42.9 Å². The Bertz CT molecular complexity index is 493. The first-order valence-corrected chi connectivity index (χ1v) is 5.85. The van der Waals surface area contributed by atoms with E-state index in [1.54, 1.807) is 17.1 Å². The molecule has 0 bridgehead atoms. The molecule has 1 aromatic heterocycles. The summed E-state index contributed by atoms with van der Waals surface area (Å²) in [5.74, 6) is 0.183. The molecule has 0 spiro atoms. The minimum Gasteiger partial charge on any atom is -0.328 e. The van der Waals surface area contributed by atoms with Gasteiger partial charge in [-0.15, -0.1) is 0 Å². The van der Waals surface area contributed by atoms with Gasteiger partial charge in [-0.1, -0.05) is 41.9 Å². The largest absolute Gasteiger partial charge is 0.328 e. The highest BCUT2D eigenvalue weighted by atomic mass is 35.5. The van der Waals surface area contributed by atoms with Crippen LogP contribution in [0.3, 0.4) is 0 Å². The molecule has 0 aliphatic rings. The molecule has 0 aliphatic heterocycles. The summed E-state index contributed by atoms with van der Waals surface area (Å²) in [7, 11) is 0.